The standard InChI is InChI=1S/C23H20BrN3O3S/c1-15-13-16(8-9-19(15)24)25-21(28)14-27-20-7-3-2-6-18(20)22(29)26(23(27)30)11-10-17-5-4-12-31-17/h2-9,12-13H,10-11,14H2,1H3,(H,25,28). The lowest BCUT2D eigenvalue weighted by atomic mass is 10.2. The number of amides is 1. The first kappa shape index (κ1) is 21.3. The summed E-state index contributed by atoms with van der Waals surface area (Å²) in [6.45, 7) is 2.01. The fourth-order valence-corrected chi connectivity index (χ4v) is 4.41. The van der Waals surface area contributed by atoms with E-state index in [0.29, 0.717) is 23.0 Å². The van der Waals surface area contributed by atoms with Crippen molar-refractivity contribution in [2.45, 2.75) is 26.4 Å². The Morgan fingerprint density at radius 1 is 1.06 bits per heavy atom. The summed E-state index contributed by atoms with van der Waals surface area (Å²) in [5.41, 5.74) is 1.27. The maximum absolute atomic E-state index is 13.2. The number of nitrogens with zero attached hydrogens (tertiary/aromatic N) is 2. The topological polar surface area (TPSA) is 73.1 Å². The van der Waals surface area contributed by atoms with Gasteiger partial charge in [0.2, 0.25) is 5.91 Å². The third-order valence-electron chi connectivity index (χ3n) is 5.04. The number of carbonyl (C=O) groups is 1. The first-order valence-electron chi connectivity index (χ1n) is 9.75. The third kappa shape index (κ3) is 4.55. The van der Waals surface area contributed by atoms with Gasteiger partial charge < -0.3 is 5.32 Å². The molecule has 0 saturated heterocycles. The van der Waals surface area contributed by atoms with E-state index >= 15 is 0 Å². The number of rotatable bonds is 6. The third-order valence-corrected chi connectivity index (χ3v) is 6.86. The highest BCUT2D eigenvalue weighted by atomic mass is 79.9. The van der Waals surface area contributed by atoms with Crippen molar-refractivity contribution in [3.63, 3.8) is 0 Å². The first-order chi connectivity index (χ1) is 14.9. The van der Waals surface area contributed by atoms with Crippen LogP contribution in [-0.2, 0) is 24.3 Å². The summed E-state index contributed by atoms with van der Waals surface area (Å²) in [6.07, 6.45) is 0.579. The molecule has 0 saturated carbocycles. The van der Waals surface area contributed by atoms with Crippen molar-refractivity contribution >= 4 is 49.8 Å². The fraction of sp³-hybridized carbons (Fsp3) is 0.174. The highest BCUT2D eigenvalue weighted by molar-refractivity contribution is 9.10. The van der Waals surface area contributed by atoms with E-state index in [2.05, 4.69) is 21.2 Å². The van der Waals surface area contributed by atoms with Crippen LogP contribution in [-0.4, -0.2) is 15.0 Å². The van der Waals surface area contributed by atoms with Gasteiger partial charge in [-0.2, -0.15) is 0 Å². The molecule has 0 aliphatic heterocycles. The molecule has 2 heterocycles. The second-order valence-corrected chi connectivity index (χ2v) is 9.07. The van der Waals surface area contributed by atoms with Crippen molar-refractivity contribution < 1.29 is 4.79 Å². The van der Waals surface area contributed by atoms with Crippen molar-refractivity contribution in [3.8, 4) is 0 Å². The number of hydrogen-bond acceptors (Lipinski definition) is 4. The number of aryl methyl sites for hydroxylation is 2. The van der Waals surface area contributed by atoms with E-state index in [0.717, 1.165) is 14.9 Å². The Kier molecular flexibility index (Phi) is 6.20. The van der Waals surface area contributed by atoms with E-state index in [-0.39, 0.29) is 24.6 Å². The molecule has 0 spiro atoms. The number of hydrogen-bond donors (Lipinski definition) is 1. The van der Waals surface area contributed by atoms with Gasteiger partial charge in [0.25, 0.3) is 5.56 Å². The first-order valence-corrected chi connectivity index (χ1v) is 11.4. The lowest BCUT2D eigenvalue weighted by molar-refractivity contribution is -0.116. The molecule has 4 rings (SSSR count). The van der Waals surface area contributed by atoms with Gasteiger partial charge in [-0.3, -0.25) is 18.7 Å². The second-order valence-electron chi connectivity index (χ2n) is 7.18. The minimum atomic E-state index is -0.484. The van der Waals surface area contributed by atoms with E-state index < -0.39 is 5.69 Å². The van der Waals surface area contributed by atoms with E-state index in [4.69, 9.17) is 0 Å². The molecule has 31 heavy (non-hydrogen) atoms. The van der Waals surface area contributed by atoms with Crippen LogP contribution in [0, 0.1) is 6.92 Å². The SMILES string of the molecule is Cc1cc(NC(=O)Cn2c(=O)n(CCc3cccs3)c(=O)c3ccccc32)ccc1Br. The normalized spacial score (nSPS) is 11.0. The summed E-state index contributed by atoms with van der Waals surface area (Å²) in [5.74, 6) is -0.336. The molecule has 0 bridgehead atoms. The predicted molar refractivity (Wildman–Crippen MR) is 128 cm³/mol. The molecule has 6 nitrogen and oxygen atoms in total. The summed E-state index contributed by atoms with van der Waals surface area (Å²) >= 11 is 5.02. The molecule has 8 heteroatoms. The number of para-hydroxylation sites is 1. The number of aromatic nitrogens is 2. The number of anilines is 1. The van der Waals surface area contributed by atoms with Crippen molar-refractivity contribution in [1.29, 1.82) is 0 Å². The molecule has 158 valence electrons. The van der Waals surface area contributed by atoms with Gasteiger partial charge in [0, 0.05) is 21.6 Å². The molecule has 0 aliphatic rings. The molecule has 0 atom stereocenters. The van der Waals surface area contributed by atoms with Crippen molar-refractivity contribution in [3.05, 3.63) is 95.7 Å². The fourth-order valence-electron chi connectivity index (χ4n) is 3.46. The quantitative estimate of drug-likeness (QED) is 0.434. The zero-order valence-electron chi connectivity index (χ0n) is 16.8. The van der Waals surface area contributed by atoms with Crippen molar-refractivity contribution in [2.75, 3.05) is 5.32 Å². The van der Waals surface area contributed by atoms with Gasteiger partial charge in [-0.25, -0.2) is 4.79 Å². The Morgan fingerprint density at radius 3 is 2.61 bits per heavy atom. The van der Waals surface area contributed by atoms with Crippen LogP contribution in [0.2, 0.25) is 0 Å². The molecule has 0 unspecified atom stereocenters. The number of fused-ring (bicyclic) bond motifs is 1. The minimum absolute atomic E-state index is 0.187. The van der Waals surface area contributed by atoms with Gasteiger partial charge in [0.15, 0.2) is 0 Å². The molecule has 0 aliphatic carbocycles. The van der Waals surface area contributed by atoms with Crippen molar-refractivity contribution in [2.24, 2.45) is 0 Å². The average molecular weight is 498 g/mol. The monoisotopic (exact) mass is 497 g/mol. The second kappa shape index (κ2) is 9.03. The molecule has 0 radical (unpaired) electrons. The van der Waals surface area contributed by atoms with Crippen LogP contribution < -0.4 is 16.6 Å². The molecule has 1 amide bonds. The number of thiophene rings is 1. The van der Waals surface area contributed by atoms with Gasteiger partial charge in [0.1, 0.15) is 6.54 Å². The Labute approximate surface area is 190 Å². The Bertz CT molecular complexity index is 1370. The summed E-state index contributed by atoms with van der Waals surface area (Å²) < 4.78 is 3.54. The number of benzene rings is 2. The lowest BCUT2D eigenvalue weighted by Gasteiger charge is -2.14. The van der Waals surface area contributed by atoms with Gasteiger partial charge in [-0.05, 0) is 60.7 Å². The summed E-state index contributed by atoms with van der Waals surface area (Å²) in [7, 11) is 0. The van der Waals surface area contributed by atoms with Crippen LogP contribution in [0.25, 0.3) is 10.9 Å². The predicted octanol–water partition coefficient (Wildman–Crippen LogP) is 4.18. The Balaban J connectivity index is 1.68. The van der Waals surface area contributed by atoms with Gasteiger partial charge in [-0.15, -0.1) is 11.3 Å². The lowest BCUT2D eigenvalue weighted by Crippen LogP contribution is -2.42. The molecule has 2 aromatic carbocycles. The maximum Gasteiger partial charge on any atom is 0.331 e. The van der Waals surface area contributed by atoms with E-state index in [9.17, 15) is 14.4 Å². The summed E-state index contributed by atoms with van der Waals surface area (Å²) in [6, 6.07) is 16.3. The molecule has 4 aromatic rings. The van der Waals surface area contributed by atoms with Crippen LogP contribution in [0.5, 0.6) is 0 Å². The van der Waals surface area contributed by atoms with Gasteiger partial charge >= 0.3 is 5.69 Å². The molecule has 1 N–H and O–H groups in total. The number of nitrogens with one attached hydrogen (secondary N) is 1. The number of halogens is 1. The molecular weight excluding hydrogens is 478 g/mol. The summed E-state index contributed by atoms with van der Waals surface area (Å²) in [5, 5.41) is 5.21. The van der Waals surface area contributed by atoms with Crippen LogP contribution in [0.4, 0.5) is 5.69 Å². The van der Waals surface area contributed by atoms with Crippen LogP contribution >= 0.6 is 27.3 Å². The van der Waals surface area contributed by atoms with Crippen LogP contribution in [0.15, 0.2) is 74.0 Å². The highest BCUT2D eigenvalue weighted by Gasteiger charge is 2.15. The smallest absolute Gasteiger partial charge is 0.325 e. The average Bonchev–Trinajstić information content (AvgIpc) is 3.27. The van der Waals surface area contributed by atoms with Gasteiger partial charge in [-0.1, -0.05) is 34.1 Å². The van der Waals surface area contributed by atoms with Crippen LogP contribution in [0.1, 0.15) is 10.4 Å². The molecular formula is C23H20BrN3O3S. The van der Waals surface area contributed by atoms with Crippen LogP contribution in [0.3, 0.4) is 0 Å². The zero-order chi connectivity index (χ0) is 22.0. The van der Waals surface area contributed by atoms with E-state index in [1.165, 1.54) is 9.13 Å². The highest BCUT2D eigenvalue weighted by Crippen LogP contribution is 2.20. The Hall–Kier alpha value is -2.97. The molecule has 2 aromatic heterocycles. The zero-order valence-corrected chi connectivity index (χ0v) is 19.2. The van der Waals surface area contributed by atoms with Crippen molar-refractivity contribution in [1.82, 2.24) is 9.13 Å². The molecule has 0 fully saturated rings. The van der Waals surface area contributed by atoms with Gasteiger partial charge in [0.05, 0.1) is 10.9 Å². The minimum Gasteiger partial charge on any atom is -0.325 e. The van der Waals surface area contributed by atoms with E-state index in [1.807, 2.05) is 36.6 Å². The largest absolute Gasteiger partial charge is 0.331 e. The summed E-state index contributed by atoms with van der Waals surface area (Å²) in [4.78, 5) is 40.0. The Morgan fingerprint density at radius 2 is 1.87 bits per heavy atom. The van der Waals surface area contributed by atoms with E-state index in [1.54, 1.807) is 41.7 Å². The number of carbonyl (C=O) groups excluding carboxylic acids is 1. The maximum atomic E-state index is 13.2.